The van der Waals surface area contributed by atoms with Crippen molar-refractivity contribution in [3.05, 3.63) is 0 Å². The van der Waals surface area contributed by atoms with Crippen LogP contribution in [0.3, 0.4) is 0 Å². The Balaban J connectivity index is 5.02. The first-order valence-corrected chi connectivity index (χ1v) is 9.91. The second-order valence-corrected chi connectivity index (χ2v) is 10.5. The molecule has 0 heterocycles. The maximum atomic E-state index is 12.0. The van der Waals surface area contributed by atoms with Gasteiger partial charge in [0.2, 0.25) is 0 Å². The second kappa shape index (κ2) is 6.26. The molecule has 1 atom stereocenters. The van der Waals surface area contributed by atoms with Gasteiger partial charge in [0.05, 0.1) is 14.4 Å². The predicted octanol–water partition coefficient (Wildman–Crippen LogP) is 3.46. The molecule has 0 spiro atoms. The first-order valence-electron chi connectivity index (χ1n) is 7.02. The highest BCUT2D eigenvalue weighted by Crippen LogP contribution is 2.25. The molecule has 0 bridgehead atoms. The number of ether oxygens (including phenoxy) is 2. The van der Waals surface area contributed by atoms with Crippen LogP contribution in [0.15, 0.2) is 0 Å². The minimum atomic E-state index is -1.28. The van der Waals surface area contributed by atoms with Crippen LogP contribution in [0.4, 0.5) is 4.79 Å². The number of rotatable bonds is 4. The van der Waals surface area contributed by atoms with Crippen molar-refractivity contribution in [2.45, 2.75) is 84.5 Å². The summed E-state index contributed by atoms with van der Waals surface area (Å²) in [6, 6.07) is 0. The van der Waals surface area contributed by atoms with Crippen LogP contribution in [0.5, 0.6) is 0 Å². The summed E-state index contributed by atoms with van der Waals surface area (Å²) in [7, 11) is -1.28. The van der Waals surface area contributed by atoms with Crippen LogP contribution < -0.4 is 5.32 Å². The zero-order valence-electron chi connectivity index (χ0n) is 14.0. The van der Waals surface area contributed by atoms with E-state index in [1.807, 2.05) is 48.5 Å². The highest BCUT2D eigenvalue weighted by molar-refractivity contribution is 6.59. The first kappa shape index (κ1) is 18.4. The van der Waals surface area contributed by atoms with E-state index in [0.29, 0.717) is 0 Å². The van der Waals surface area contributed by atoms with E-state index >= 15 is 0 Å². The molecule has 0 rings (SSSR count). The van der Waals surface area contributed by atoms with Crippen LogP contribution in [-0.2, 0) is 9.47 Å². The van der Waals surface area contributed by atoms with Crippen molar-refractivity contribution >= 4 is 14.9 Å². The molecule has 0 aromatic heterocycles. The number of amides is 1. The van der Waals surface area contributed by atoms with Crippen LogP contribution in [0.25, 0.3) is 0 Å². The van der Waals surface area contributed by atoms with Crippen molar-refractivity contribution in [1.29, 1.82) is 0 Å². The number of carbonyl (C=O) groups excluding carboxylic acids is 1. The molecule has 0 aliphatic rings. The summed E-state index contributed by atoms with van der Waals surface area (Å²) in [5.41, 5.74) is -0.799. The summed E-state index contributed by atoms with van der Waals surface area (Å²) >= 11 is 0. The molecule has 114 valence electrons. The fourth-order valence-corrected chi connectivity index (χ4v) is 3.69. The van der Waals surface area contributed by atoms with Gasteiger partial charge in [-0.15, -0.1) is 0 Å². The lowest BCUT2D eigenvalue weighted by Gasteiger charge is -2.42. The second-order valence-electron chi connectivity index (χ2n) is 7.24. The minimum absolute atomic E-state index is 0.303. The van der Waals surface area contributed by atoms with E-state index in [-0.39, 0.29) is 5.60 Å². The Hall–Kier alpha value is -0.553. The molecule has 5 heteroatoms. The Kier molecular flexibility index (Phi) is 6.08. The molecule has 0 saturated heterocycles. The molecule has 0 saturated carbocycles. The fourth-order valence-electron chi connectivity index (χ4n) is 1.88. The monoisotopic (exact) mass is 289 g/mol. The minimum Gasteiger partial charge on any atom is -0.444 e. The highest BCUT2D eigenvalue weighted by atomic mass is 28.3. The van der Waals surface area contributed by atoms with E-state index < -0.39 is 25.8 Å². The summed E-state index contributed by atoms with van der Waals surface area (Å²) in [4.78, 5) is 12.0. The summed E-state index contributed by atoms with van der Waals surface area (Å²) < 4.78 is 11.5. The Labute approximate surface area is 119 Å². The molecule has 19 heavy (non-hydrogen) atoms. The van der Waals surface area contributed by atoms with Gasteiger partial charge in [0.15, 0.2) is 0 Å². The highest BCUT2D eigenvalue weighted by Gasteiger charge is 2.40. The number of carbonyl (C=O) groups is 1. The zero-order valence-corrected chi connectivity index (χ0v) is 15.2. The Morgan fingerprint density at radius 2 is 1.53 bits per heavy atom. The normalized spacial score (nSPS) is 16.1. The molecule has 0 aliphatic carbocycles. The van der Waals surface area contributed by atoms with E-state index in [1.54, 1.807) is 0 Å². The number of alkyl carbamates (subject to hydrolysis) is 1. The van der Waals surface area contributed by atoms with Gasteiger partial charge in [-0.05, 0) is 48.0 Å². The van der Waals surface area contributed by atoms with E-state index in [1.165, 1.54) is 0 Å². The lowest BCUT2D eigenvalue weighted by Crippen LogP contribution is -2.61. The topological polar surface area (TPSA) is 47.6 Å². The average molecular weight is 289 g/mol. The number of hydrogen-bond donors (Lipinski definition) is 1. The smallest absolute Gasteiger partial charge is 0.409 e. The molecule has 0 aromatic carbocycles. The Morgan fingerprint density at radius 3 is 1.79 bits per heavy atom. The SMILES string of the molecule is CCC(NC(=O)OC(C)(C)C)(OC(C)(C)C)[SiH](C)C. The van der Waals surface area contributed by atoms with E-state index in [9.17, 15) is 4.79 Å². The average Bonchev–Trinajstić information content (AvgIpc) is 2.10. The first-order chi connectivity index (χ1) is 8.31. The van der Waals surface area contributed by atoms with Gasteiger partial charge >= 0.3 is 6.09 Å². The van der Waals surface area contributed by atoms with Gasteiger partial charge in [-0.2, -0.15) is 0 Å². The third-order valence-electron chi connectivity index (χ3n) is 2.66. The van der Waals surface area contributed by atoms with Gasteiger partial charge in [-0.3, -0.25) is 5.32 Å². The lowest BCUT2D eigenvalue weighted by molar-refractivity contribution is -0.106. The van der Waals surface area contributed by atoms with Crippen molar-refractivity contribution in [3.63, 3.8) is 0 Å². The quantitative estimate of drug-likeness (QED) is 0.637. The van der Waals surface area contributed by atoms with E-state index in [4.69, 9.17) is 9.47 Å². The lowest BCUT2D eigenvalue weighted by atomic mass is 10.2. The van der Waals surface area contributed by atoms with Crippen LogP contribution in [0.2, 0.25) is 13.1 Å². The summed E-state index contributed by atoms with van der Waals surface area (Å²) in [5.74, 6) is 0. The molecule has 0 radical (unpaired) electrons. The third kappa shape index (κ3) is 6.97. The van der Waals surface area contributed by atoms with Gasteiger partial charge in [-0.1, -0.05) is 20.0 Å². The molecule has 0 fully saturated rings. The van der Waals surface area contributed by atoms with Crippen molar-refractivity contribution in [2.75, 3.05) is 0 Å². The Bertz CT molecular complexity index is 305. The summed E-state index contributed by atoms with van der Waals surface area (Å²) in [6.07, 6.45) is 0.340. The molecule has 1 amide bonds. The maximum absolute atomic E-state index is 12.0. The van der Waals surface area contributed by atoms with Crippen molar-refractivity contribution in [3.8, 4) is 0 Å². The van der Waals surface area contributed by atoms with Gasteiger partial charge in [0.25, 0.3) is 0 Å². The van der Waals surface area contributed by atoms with Gasteiger partial charge in [0.1, 0.15) is 10.9 Å². The molecular formula is C14H31NO3Si. The molecule has 0 aromatic rings. The van der Waals surface area contributed by atoms with Crippen molar-refractivity contribution in [1.82, 2.24) is 5.32 Å². The van der Waals surface area contributed by atoms with Gasteiger partial charge in [-0.25, -0.2) is 4.79 Å². The third-order valence-corrected chi connectivity index (χ3v) is 5.19. The van der Waals surface area contributed by atoms with Crippen LogP contribution >= 0.6 is 0 Å². The van der Waals surface area contributed by atoms with Gasteiger partial charge in [0, 0.05) is 0 Å². The summed E-state index contributed by atoms with van der Waals surface area (Å²) in [5, 5.41) is 2.40. The van der Waals surface area contributed by atoms with E-state index in [2.05, 4.69) is 18.4 Å². The fraction of sp³-hybridized carbons (Fsp3) is 0.929. The number of hydrogen-bond acceptors (Lipinski definition) is 3. The van der Waals surface area contributed by atoms with Crippen molar-refractivity contribution in [2.24, 2.45) is 0 Å². The van der Waals surface area contributed by atoms with Crippen LogP contribution in [0.1, 0.15) is 54.9 Å². The summed E-state index contributed by atoms with van der Waals surface area (Å²) in [6.45, 7) is 18.0. The molecule has 1 N–H and O–H groups in total. The maximum Gasteiger partial charge on any atom is 0.409 e. The predicted molar refractivity (Wildman–Crippen MR) is 82.1 cm³/mol. The van der Waals surface area contributed by atoms with Gasteiger partial charge < -0.3 is 9.47 Å². The molecule has 0 aliphatic heterocycles. The molecule has 1 unspecified atom stereocenters. The van der Waals surface area contributed by atoms with E-state index in [0.717, 1.165) is 6.42 Å². The molecular weight excluding hydrogens is 258 g/mol. The van der Waals surface area contributed by atoms with Crippen molar-refractivity contribution < 1.29 is 14.3 Å². The number of nitrogens with one attached hydrogen (secondary N) is 1. The standard InChI is InChI=1S/C14H31NO3Si/c1-10-14(19(8)9,18-13(5,6)7)15-11(16)17-12(2,3)4/h19H,10H2,1-9H3,(H,15,16). The zero-order chi connectivity index (χ0) is 15.5. The Morgan fingerprint density at radius 1 is 1.05 bits per heavy atom. The molecule has 4 nitrogen and oxygen atoms in total. The largest absolute Gasteiger partial charge is 0.444 e. The van der Waals surface area contributed by atoms with Crippen LogP contribution in [0, 0.1) is 0 Å². The van der Waals surface area contributed by atoms with Crippen LogP contribution in [-0.4, -0.2) is 31.4 Å².